The second kappa shape index (κ2) is 9.06. The molecule has 26 heavy (non-hydrogen) atoms. The number of hydrogen-bond acceptors (Lipinski definition) is 2. The Bertz CT molecular complexity index is 653. The third kappa shape index (κ3) is 4.15. The van der Waals surface area contributed by atoms with Gasteiger partial charge in [0, 0.05) is 32.9 Å². The zero-order chi connectivity index (χ0) is 17.9. The highest BCUT2D eigenvalue weighted by atomic mass is 127. The molecule has 1 fully saturated rings. The zero-order valence-electron chi connectivity index (χ0n) is 16.1. The van der Waals surface area contributed by atoms with E-state index in [1.165, 1.54) is 11.3 Å². The molecule has 2 aliphatic rings. The van der Waals surface area contributed by atoms with Crippen molar-refractivity contribution in [1.29, 1.82) is 0 Å². The third-order valence-electron chi connectivity index (χ3n) is 5.43. The molecule has 0 bridgehead atoms. The second-order valence-electron chi connectivity index (χ2n) is 7.39. The van der Waals surface area contributed by atoms with Gasteiger partial charge < -0.3 is 15.1 Å². The van der Waals surface area contributed by atoms with Crippen LogP contribution in [0.25, 0.3) is 0 Å². The van der Waals surface area contributed by atoms with Crippen molar-refractivity contribution in [1.82, 2.24) is 10.2 Å². The number of aliphatic imine (C=N–C) groups is 1. The van der Waals surface area contributed by atoms with Gasteiger partial charge in [0.25, 0.3) is 0 Å². The maximum Gasteiger partial charge on any atom is 0.230 e. The van der Waals surface area contributed by atoms with Gasteiger partial charge in [0.1, 0.15) is 0 Å². The van der Waals surface area contributed by atoms with Crippen molar-refractivity contribution in [2.45, 2.75) is 39.0 Å². The molecule has 0 aromatic heterocycles. The summed E-state index contributed by atoms with van der Waals surface area (Å²) in [4.78, 5) is 21.7. The standard InChI is InChI=1S/C20H30N4O.HI/c1-4-21-19(24-14-11-16-9-5-6-10-17(16)24)22-15-20(12-7-8-13-20)18(25)23(2)3;/h5-6,9-10H,4,7-8,11-15H2,1-3H3,(H,21,22);1H. The fraction of sp³-hybridized carbons (Fsp3) is 0.600. The van der Waals surface area contributed by atoms with E-state index in [9.17, 15) is 4.79 Å². The summed E-state index contributed by atoms with van der Waals surface area (Å²) in [6.45, 7) is 4.44. The number of carbonyl (C=O) groups excluding carboxylic acids is 1. The van der Waals surface area contributed by atoms with Gasteiger partial charge in [-0.2, -0.15) is 0 Å². The third-order valence-corrected chi connectivity index (χ3v) is 5.43. The van der Waals surface area contributed by atoms with E-state index in [0.29, 0.717) is 6.54 Å². The van der Waals surface area contributed by atoms with E-state index in [2.05, 4.69) is 41.4 Å². The largest absolute Gasteiger partial charge is 0.356 e. The first-order valence-electron chi connectivity index (χ1n) is 9.43. The van der Waals surface area contributed by atoms with Gasteiger partial charge in [-0.15, -0.1) is 24.0 Å². The predicted octanol–water partition coefficient (Wildman–Crippen LogP) is 3.28. The van der Waals surface area contributed by atoms with Gasteiger partial charge in [0.05, 0.1) is 12.0 Å². The maximum atomic E-state index is 12.8. The number of anilines is 1. The van der Waals surface area contributed by atoms with Crippen LogP contribution in [-0.2, 0) is 11.2 Å². The van der Waals surface area contributed by atoms with Crippen molar-refractivity contribution < 1.29 is 4.79 Å². The van der Waals surface area contributed by atoms with Crippen molar-refractivity contribution in [3.63, 3.8) is 0 Å². The van der Waals surface area contributed by atoms with E-state index < -0.39 is 0 Å². The van der Waals surface area contributed by atoms with Crippen LogP contribution < -0.4 is 10.2 Å². The molecule has 5 nitrogen and oxygen atoms in total. The molecule has 1 aliphatic carbocycles. The fourth-order valence-corrected chi connectivity index (χ4v) is 4.14. The molecule has 1 saturated carbocycles. The highest BCUT2D eigenvalue weighted by molar-refractivity contribution is 14.0. The predicted molar refractivity (Wildman–Crippen MR) is 118 cm³/mol. The molecule has 3 rings (SSSR count). The fourth-order valence-electron chi connectivity index (χ4n) is 4.14. The van der Waals surface area contributed by atoms with Crippen molar-refractivity contribution in [2.24, 2.45) is 10.4 Å². The second-order valence-corrected chi connectivity index (χ2v) is 7.39. The zero-order valence-corrected chi connectivity index (χ0v) is 18.5. The molecule has 0 unspecified atom stereocenters. The van der Waals surface area contributed by atoms with Gasteiger partial charge in [-0.25, -0.2) is 0 Å². The van der Waals surface area contributed by atoms with Crippen molar-refractivity contribution in [3.8, 4) is 0 Å². The molecule has 1 aromatic rings. The summed E-state index contributed by atoms with van der Waals surface area (Å²) in [5.41, 5.74) is 2.29. The molecule has 0 saturated heterocycles. The Labute approximate surface area is 174 Å². The minimum Gasteiger partial charge on any atom is -0.356 e. The average molecular weight is 470 g/mol. The van der Waals surface area contributed by atoms with Crippen molar-refractivity contribution in [2.75, 3.05) is 38.6 Å². The van der Waals surface area contributed by atoms with Crippen LogP contribution in [0.2, 0.25) is 0 Å². The van der Waals surface area contributed by atoms with E-state index in [1.807, 2.05) is 14.1 Å². The van der Waals surface area contributed by atoms with Gasteiger partial charge in [-0.1, -0.05) is 31.0 Å². The topological polar surface area (TPSA) is 47.9 Å². The molecule has 0 radical (unpaired) electrons. The smallest absolute Gasteiger partial charge is 0.230 e. The van der Waals surface area contributed by atoms with Crippen LogP contribution >= 0.6 is 24.0 Å². The Balaban J connectivity index is 0.00000243. The van der Waals surface area contributed by atoms with E-state index in [4.69, 9.17) is 4.99 Å². The number of para-hydroxylation sites is 1. The minimum absolute atomic E-state index is 0. The van der Waals surface area contributed by atoms with Gasteiger partial charge in [-0.05, 0) is 37.8 Å². The van der Waals surface area contributed by atoms with Crippen molar-refractivity contribution >= 4 is 41.5 Å². The molecule has 0 atom stereocenters. The molecule has 1 heterocycles. The van der Waals surface area contributed by atoms with Crippen molar-refractivity contribution in [3.05, 3.63) is 29.8 Å². The summed E-state index contributed by atoms with van der Waals surface area (Å²) in [6.07, 6.45) is 5.19. The van der Waals surface area contributed by atoms with Crippen LogP contribution in [0, 0.1) is 5.41 Å². The number of amides is 1. The number of hydrogen-bond donors (Lipinski definition) is 1. The van der Waals surface area contributed by atoms with E-state index >= 15 is 0 Å². The van der Waals surface area contributed by atoms with Gasteiger partial charge in [-0.3, -0.25) is 9.79 Å². The van der Waals surface area contributed by atoms with Crippen LogP contribution in [0.1, 0.15) is 38.2 Å². The summed E-state index contributed by atoms with van der Waals surface area (Å²) >= 11 is 0. The van der Waals surface area contributed by atoms with Crippen LogP contribution in [0.5, 0.6) is 0 Å². The molecule has 1 aromatic carbocycles. The van der Waals surface area contributed by atoms with E-state index in [0.717, 1.165) is 51.2 Å². The first-order chi connectivity index (χ1) is 12.1. The Morgan fingerprint density at radius 1 is 1.27 bits per heavy atom. The molecular formula is C20H31IN4O. The monoisotopic (exact) mass is 470 g/mol. The van der Waals surface area contributed by atoms with E-state index in [-0.39, 0.29) is 35.3 Å². The highest BCUT2D eigenvalue weighted by Gasteiger charge is 2.42. The lowest BCUT2D eigenvalue weighted by Gasteiger charge is -2.30. The normalized spacial score (nSPS) is 18.3. The van der Waals surface area contributed by atoms with Crippen LogP contribution in [0.4, 0.5) is 5.69 Å². The minimum atomic E-state index is -0.316. The number of nitrogens with one attached hydrogen (secondary N) is 1. The van der Waals surface area contributed by atoms with Crippen LogP contribution in [0.3, 0.4) is 0 Å². The van der Waals surface area contributed by atoms with Gasteiger partial charge in [0.2, 0.25) is 5.91 Å². The number of carbonyl (C=O) groups is 1. The number of benzene rings is 1. The molecular weight excluding hydrogens is 439 g/mol. The molecule has 1 aliphatic heterocycles. The van der Waals surface area contributed by atoms with E-state index in [1.54, 1.807) is 4.90 Å². The quantitative estimate of drug-likeness (QED) is 0.418. The SMILES string of the molecule is CCNC(=NCC1(C(=O)N(C)C)CCCC1)N1CCc2ccccc21.I. The average Bonchev–Trinajstić information content (AvgIpc) is 3.26. The molecule has 144 valence electrons. The van der Waals surface area contributed by atoms with Crippen LogP contribution in [-0.4, -0.2) is 50.5 Å². The van der Waals surface area contributed by atoms with Crippen LogP contribution in [0.15, 0.2) is 29.3 Å². The Kier molecular flexibility index (Phi) is 7.32. The number of fused-ring (bicyclic) bond motifs is 1. The number of rotatable bonds is 4. The lowest BCUT2D eigenvalue weighted by atomic mass is 9.85. The lowest BCUT2D eigenvalue weighted by molar-refractivity contribution is -0.138. The summed E-state index contributed by atoms with van der Waals surface area (Å²) in [5.74, 6) is 1.14. The number of guanidine groups is 1. The summed E-state index contributed by atoms with van der Waals surface area (Å²) in [7, 11) is 3.71. The molecule has 1 amide bonds. The molecule has 1 N–H and O–H groups in total. The van der Waals surface area contributed by atoms with Gasteiger partial charge >= 0.3 is 0 Å². The lowest BCUT2D eigenvalue weighted by Crippen LogP contribution is -2.44. The maximum absolute atomic E-state index is 12.8. The molecule has 6 heteroatoms. The summed E-state index contributed by atoms with van der Waals surface area (Å²) in [6, 6.07) is 8.52. The first kappa shape index (κ1) is 21.0. The Morgan fingerprint density at radius 2 is 1.96 bits per heavy atom. The summed E-state index contributed by atoms with van der Waals surface area (Å²) < 4.78 is 0. The first-order valence-corrected chi connectivity index (χ1v) is 9.43. The molecule has 0 spiro atoms. The summed E-state index contributed by atoms with van der Waals surface area (Å²) in [5, 5.41) is 3.43. The number of halogens is 1. The Hall–Kier alpha value is -1.31. The van der Waals surface area contributed by atoms with Gasteiger partial charge in [0.15, 0.2) is 5.96 Å². The Morgan fingerprint density at radius 3 is 2.62 bits per heavy atom. The number of nitrogens with zero attached hydrogens (tertiary/aromatic N) is 3. The highest BCUT2D eigenvalue weighted by Crippen LogP contribution is 2.40.